The third-order valence-corrected chi connectivity index (χ3v) is 4.35. The van der Waals surface area contributed by atoms with E-state index in [9.17, 15) is 4.79 Å². The van der Waals surface area contributed by atoms with E-state index < -0.39 is 0 Å². The summed E-state index contributed by atoms with van der Waals surface area (Å²) in [6, 6.07) is 6.18. The van der Waals surface area contributed by atoms with Gasteiger partial charge in [0.15, 0.2) is 0 Å². The van der Waals surface area contributed by atoms with Crippen LogP contribution in [0.5, 0.6) is 0 Å². The molecule has 21 heavy (non-hydrogen) atoms. The van der Waals surface area contributed by atoms with Crippen LogP contribution in [-0.4, -0.2) is 28.9 Å². The van der Waals surface area contributed by atoms with Crippen LogP contribution in [0.4, 0.5) is 0 Å². The molecule has 0 aliphatic rings. The second-order valence-electron chi connectivity index (χ2n) is 6.53. The summed E-state index contributed by atoms with van der Waals surface area (Å²) in [5.74, 6) is 0.690. The Morgan fingerprint density at radius 3 is 2.52 bits per heavy atom. The average molecular weight is 286 g/mol. The number of amides is 1. The van der Waals surface area contributed by atoms with Crippen molar-refractivity contribution in [3.63, 3.8) is 0 Å². The number of aryl methyl sites for hydroxylation is 2. The lowest BCUT2D eigenvalue weighted by Crippen LogP contribution is -2.35. The Bertz CT molecular complexity index is 655. The van der Waals surface area contributed by atoms with Gasteiger partial charge in [-0.25, -0.2) is 0 Å². The highest BCUT2D eigenvalue weighted by Gasteiger charge is 2.19. The molecule has 1 aromatic heterocycles. The molecule has 0 saturated carbocycles. The maximum Gasteiger partial charge on any atom is 0.253 e. The molecule has 0 fully saturated rings. The van der Waals surface area contributed by atoms with Crippen molar-refractivity contribution in [3.8, 4) is 0 Å². The zero-order chi connectivity index (χ0) is 15.7. The quantitative estimate of drug-likeness (QED) is 0.894. The van der Waals surface area contributed by atoms with E-state index in [1.165, 1.54) is 5.56 Å². The van der Waals surface area contributed by atoms with E-state index in [0.717, 1.165) is 28.6 Å². The molecule has 0 unspecified atom stereocenters. The summed E-state index contributed by atoms with van der Waals surface area (Å²) < 4.78 is 0. The smallest absolute Gasteiger partial charge is 0.253 e. The minimum Gasteiger partial charge on any atom is -0.358 e. The molecule has 1 amide bonds. The molecule has 0 spiro atoms. The maximum atomic E-state index is 12.6. The molecule has 114 valence electrons. The van der Waals surface area contributed by atoms with Gasteiger partial charge < -0.3 is 9.88 Å². The van der Waals surface area contributed by atoms with E-state index >= 15 is 0 Å². The second-order valence-corrected chi connectivity index (χ2v) is 6.53. The molecule has 1 N–H and O–H groups in total. The maximum absolute atomic E-state index is 12.6. The number of fused-ring (bicyclic) bond motifs is 1. The molecular formula is C18H26N2O. The van der Waals surface area contributed by atoms with Crippen LogP contribution < -0.4 is 0 Å². The molecule has 1 heterocycles. The van der Waals surface area contributed by atoms with Crippen molar-refractivity contribution in [1.29, 1.82) is 0 Å². The first kappa shape index (κ1) is 15.6. The lowest BCUT2D eigenvalue weighted by atomic mass is 10.0. The Morgan fingerprint density at radius 2 is 1.90 bits per heavy atom. The number of carbonyl (C=O) groups excluding carboxylic acids is 1. The predicted octanol–water partition coefficient (Wildman–Crippen LogP) is 4.29. The Hall–Kier alpha value is -1.77. The van der Waals surface area contributed by atoms with Crippen molar-refractivity contribution in [2.75, 3.05) is 7.05 Å². The molecule has 2 aromatic rings. The molecule has 0 aliphatic carbocycles. The normalized spacial score (nSPS) is 12.9. The minimum atomic E-state index is 0.100. The van der Waals surface area contributed by atoms with Crippen LogP contribution in [0.15, 0.2) is 18.2 Å². The van der Waals surface area contributed by atoms with Gasteiger partial charge in [-0.15, -0.1) is 0 Å². The van der Waals surface area contributed by atoms with Crippen molar-refractivity contribution < 1.29 is 4.79 Å². The van der Waals surface area contributed by atoms with Gasteiger partial charge in [-0.05, 0) is 56.9 Å². The molecule has 0 radical (unpaired) electrons. The minimum absolute atomic E-state index is 0.100. The van der Waals surface area contributed by atoms with Gasteiger partial charge in [0.25, 0.3) is 5.91 Å². The number of aromatic amines is 1. The molecular weight excluding hydrogens is 260 g/mol. The Morgan fingerprint density at radius 1 is 1.24 bits per heavy atom. The fourth-order valence-electron chi connectivity index (χ4n) is 2.84. The van der Waals surface area contributed by atoms with Crippen molar-refractivity contribution in [2.45, 2.75) is 47.1 Å². The summed E-state index contributed by atoms with van der Waals surface area (Å²) >= 11 is 0. The van der Waals surface area contributed by atoms with Crippen LogP contribution in [0.1, 0.15) is 48.8 Å². The molecule has 3 heteroatoms. The lowest BCUT2D eigenvalue weighted by Gasteiger charge is -2.26. The highest BCUT2D eigenvalue weighted by molar-refractivity contribution is 5.99. The first-order chi connectivity index (χ1) is 9.81. The second kappa shape index (κ2) is 5.92. The lowest BCUT2D eigenvalue weighted by molar-refractivity contribution is 0.0728. The van der Waals surface area contributed by atoms with Crippen LogP contribution >= 0.6 is 0 Å². The summed E-state index contributed by atoms with van der Waals surface area (Å²) in [7, 11) is 1.90. The third-order valence-electron chi connectivity index (χ3n) is 4.35. The van der Waals surface area contributed by atoms with E-state index in [1.54, 1.807) is 0 Å². The zero-order valence-corrected chi connectivity index (χ0v) is 13.9. The number of nitrogens with zero attached hydrogens (tertiary/aromatic N) is 1. The Kier molecular flexibility index (Phi) is 4.40. The number of carbonyl (C=O) groups is 1. The fourth-order valence-corrected chi connectivity index (χ4v) is 2.84. The highest BCUT2D eigenvalue weighted by atomic mass is 16.2. The van der Waals surface area contributed by atoms with E-state index in [2.05, 4.69) is 39.6 Å². The Balaban J connectivity index is 2.28. The molecule has 1 atom stereocenters. The van der Waals surface area contributed by atoms with Crippen molar-refractivity contribution >= 4 is 16.8 Å². The monoisotopic (exact) mass is 286 g/mol. The third kappa shape index (κ3) is 3.12. The van der Waals surface area contributed by atoms with Crippen LogP contribution in [-0.2, 0) is 0 Å². The van der Waals surface area contributed by atoms with Crippen molar-refractivity contribution in [1.82, 2.24) is 9.88 Å². The van der Waals surface area contributed by atoms with Crippen LogP contribution in [0, 0.1) is 19.8 Å². The SMILES string of the molecule is Cc1[nH]c2ccc(C(=O)N(C)[C@@H](C)CC(C)C)cc2c1C. The Labute approximate surface area is 127 Å². The van der Waals surface area contributed by atoms with E-state index in [4.69, 9.17) is 0 Å². The molecule has 0 bridgehead atoms. The van der Waals surface area contributed by atoms with Crippen LogP contribution in [0.25, 0.3) is 10.9 Å². The number of hydrogen-bond donors (Lipinski definition) is 1. The number of nitrogens with one attached hydrogen (secondary N) is 1. The van der Waals surface area contributed by atoms with Gasteiger partial charge in [0, 0.05) is 35.2 Å². The summed E-state index contributed by atoms with van der Waals surface area (Å²) in [6.45, 7) is 10.6. The van der Waals surface area contributed by atoms with Gasteiger partial charge in [-0.2, -0.15) is 0 Å². The molecule has 0 aliphatic heterocycles. The van der Waals surface area contributed by atoms with Crippen LogP contribution in [0.3, 0.4) is 0 Å². The first-order valence-electron chi connectivity index (χ1n) is 7.67. The number of benzene rings is 1. The number of rotatable bonds is 4. The van der Waals surface area contributed by atoms with E-state index in [0.29, 0.717) is 5.92 Å². The predicted molar refractivity (Wildman–Crippen MR) is 88.8 cm³/mol. The first-order valence-corrected chi connectivity index (χ1v) is 7.67. The summed E-state index contributed by atoms with van der Waals surface area (Å²) in [6.07, 6.45) is 1.02. The molecule has 3 nitrogen and oxygen atoms in total. The summed E-state index contributed by atoms with van der Waals surface area (Å²) in [4.78, 5) is 17.8. The van der Waals surface area contributed by atoms with Gasteiger partial charge in [0.1, 0.15) is 0 Å². The standard InChI is InChI=1S/C18H26N2O/c1-11(2)9-12(3)20(6)18(21)15-7-8-17-16(10-15)13(4)14(5)19-17/h7-8,10-12,19H,9H2,1-6H3/t12-/m0/s1. The van der Waals surface area contributed by atoms with Gasteiger partial charge in [-0.1, -0.05) is 13.8 Å². The summed E-state index contributed by atoms with van der Waals surface area (Å²) in [5.41, 5.74) is 4.25. The number of H-pyrrole nitrogens is 1. The van der Waals surface area contributed by atoms with Crippen molar-refractivity contribution in [3.05, 3.63) is 35.0 Å². The van der Waals surface area contributed by atoms with Crippen LogP contribution in [0.2, 0.25) is 0 Å². The van der Waals surface area contributed by atoms with E-state index in [-0.39, 0.29) is 11.9 Å². The van der Waals surface area contributed by atoms with Gasteiger partial charge in [-0.3, -0.25) is 4.79 Å². The van der Waals surface area contributed by atoms with Gasteiger partial charge in [0.2, 0.25) is 0 Å². The molecule has 0 saturated heterocycles. The van der Waals surface area contributed by atoms with E-state index in [1.807, 2.05) is 30.1 Å². The highest BCUT2D eigenvalue weighted by Crippen LogP contribution is 2.23. The zero-order valence-electron chi connectivity index (χ0n) is 13.9. The average Bonchev–Trinajstić information content (AvgIpc) is 2.71. The van der Waals surface area contributed by atoms with Gasteiger partial charge >= 0.3 is 0 Å². The van der Waals surface area contributed by atoms with Gasteiger partial charge in [0.05, 0.1) is 0 Å². The number of hydrogen-bond acceptors (Lipinski definition) is 1. The fraction of sp³-hybridized carbons (Fsp3) is 0.500. The topological polar surface area (TPSA) is 36.1 Å². The molecule has 1 aromatic carbocycles. The number of aromatic nitrogens is 1. The largest absolute Gasteiger partial charge is 0.358 e. The van der Waals surface area contributed by atoms with Crippen molar-refractivity contribution in [2.24, 2.45) is 5.92 Å². The molecule has 2 rings (SSSR count). The summed E-state index contributed by atoms with van der Waals surface area (Å²) in [5, 5.41) is 1.14.